The second kappa shape index (κ2) is 10.5. The van der Waals surface area contributed by atoms with Crippen molar-refractivity contribution in [2.75, 3.05) is 6.61 Å². The lowest BCUT2D eigenvalue weighted by atomic mass is 9.86. The number of ether oxygens (including phenoxy) is 3. The lowest BCUT2D eigenvalue weighted by Crippen LogP contribution is -2.67. The van der Waals surface area contributed by atoms with Gasteiger partial charge in [0.05, 0.1) is 13.2 Å². The van der Waals surface area contributed by atoms with E-state index in [1.54, 1.807) is 24.3 Å². The van der Waals surface area contributed by atoms with Gasteiger partial charge in [0.15, 0.2) is 6.29 Å². The molecule has 2 heterocycles. The summed E-state index contributed by atoms with van der Waals surface area (Å²) in [5.74, 6) is 0. The van der Waals surface area contributed by atoms with Gasteiger partial charge in [-0.3, -0.25) is 0 Å². The Hall–Kier alpha value is -0.740. The molecular formula is C19H27BrO11. The van der Waals surface area contributed by atoms with Gasteiger partial charge in [-0.05, 0) is 11.6 Å². The zero-order valence-corrected chi connectivity index (χ0v) is 17.8. The molecule has 2 fully saturated rings. The topological polar surface area (TPSA) is 190 Å². The molecule has 0 radical (unpaired) electrons. The summed E-state index contributed by atoms with van der Waals surface area (Å²) in [7, 11) is 0. The average molecular weight is 511 g/mol. The summed E-state index contributed by atoms with van der Waals surface area (Å²) in [4.78, 5) is 0. The Kier molecular flexibility index (Phi) is 8.40. The molecule has 12 heteroatoms. The summed E-state index contributed by atoms with van der Waals surface area (Å²) in [5, 5.41) is 80.8. The molecule has 0 amide bonds. The van der Waals surface area contributed by atoms with Crippen molar-refractivity contribution in [1.82, 2.24) is 0 Å². The first-order valence-electron chi connectivity index (χ1n) is 9.70. The fraction of sp³-hybridized carbons (Fsp3) is 0.684. The Morgan fingerprint density at radius 3 is 2.03 bits per heavy atom. The molecule has 0 spiro atoms. The van der Waals surface area contributed by atoms with E-state index >= 15 is 0 Å². The average Bonchev–Trinajstić information content (AvgIpc) is 2.76. The van der Waals surface area contributed by atoms with Crippen LogP contribution in [0.2, 0.25) is 0 Å². The lowest BCUT2D eigenvalue weighted by molar-refractivity contribution is -0.330. The smallest absolute Gasteiger partial charge is 0.187 e. The van der Waals surface area contributed by atoms with Crippen molar-refractivity contribution in [3.63, 3.8) is 0 Å². The van der Waals surface area contributed by atoms with Crippen LogP contribution in [0.5, 0.6) is 0 Å². The first-order chi connectivity index (χ1) is 14.7. The molecule has 2 aliphatic rings. The maximum atomic E-state index is 10.7. The van der Waals surface area contributed by atoms with Gasteiger partial charge in [0, 0.05) is 4.47 Å². The van der Waals surface area contributed by atoms with Crippen LogP contribution in [0.25, 0.3) is 0 Å². The first-order valence-corrected chi connectivity index (χ1v) is 10.5. The van der Waals surface area contributed by atoms with Crippen molar-refractivity contribution in [1.29, 1.82) is 0 Å². The number of aliphatic hydroxyl groups is 8. The van der Waals surface area contributed by atoms with Crippen molar-refractivity contribution in [2.24, 2.45) is 0 Å². The van der Waals surface area contributed by atoms with E-state index in [1.165, 1.54) is 0 Å². The molecule has 0 aromatic heterocycles. The number of rotatable bonds is 6. The summed E-state index contributed by atoms with van der Waals surface area (Å²) in [5.41, 5.74) is 0.713. The summed E-state index contributed by atoms with van der Waals surface area (Å²) >= 11 is 3.35. The first kappa shape index (κ1) is 24.9. The van der Waals surface area contributed by atoms with E-state index in [0.29, 0.717) is 5.56 Å². The molecule has 0 aliphatic carbocycles. The monoisotopic (exact) mass is 510 g/mol. The summed E-state index contributed by atoms with van der Waals surface area (Å²) in [6.45, 7) is -0.740. The normalized spacial score (nSPS) is 42.4. The molecule has 176 valence electrons. The maximum absolute atomic E-state index is 10.7. The predicted octanol–water partition coefficient (Wildman–Crippen LogP) is -3.02. The Morgan fingerprint density at radius 2 is 1.42 bits per heavy atom. The SMILES string of the molecule is OC[C@H]1O[C@@H](C(O)[C@H]2O[C@H](OCc3ccccc3Br)[C@H](O)[C@@H](O)[C@@H]2O)[C@H](O)[C@@H](O)[C@@H]1O. The molecule has 8 N–H and O–H groups in total. The van der Waals surface area contributed by atoms with Crippen LogP contribution in [0.15, 0.2) is 28.7 Å². The number of aliphatic hydroxyl groups excluding tert-OH is 8. The van der Waals surface area contributed by atoms with Gasteiger partial charge in [-0.15, -0.1) is 0 Å². The highest BCUT2D eigenvalue weighted by atomic mass is 79.9. The van der Waals surface area contributed by atoms with Crippen LogP contribution < -0.4 is 0 Å². The van der Waals surface area contributed by atoms with Gasteiger partial charge in [0.2, 0.25) is 0 Å². The highest BCUT2D eigenvalue weighted by molar-refractivity contribution is 9.10. The zero-order valence-electron chi connectivity index (χ0n) is 16.3. The molecule has 0 bridgehead atoms. The Bertz CT molecular complexity index is 722. The van der Waals surface area contributed by atoms with Crippen molar-refractivity contribution in [3.05, 3.63) is 34.3 Å². The van der Waals surface area contributed by atoms with E-state index in [2.05, 4.69) is 15.9 Å². The number of hydrogen-bond acceptors (Lipinski definition) is 11. The van der Waals surface area contributed by atoms with Gasteiger partial charge >= 0.3 is 0 Å². The molecule has 2 saturated heterocycles. The van der Waals surface area contributed by atoms with E-state index in [1.807, 2.05) is 0 Å². The lowest BCUT2D eigenvalue weighted by Gasteiger charge is -2.47. The molecular weight excluding hydrogens is 484 g/mol. The Balaban J connectivity index is 1.74. The number of benzene rings is 1. The largest absolute Gasteiger partial charge is 0.394 e. The quantitative estimate of drug-likeness (QED) is 0.194. The van der Waals surface area contributed by atoms with Crippen LogP contribution in [-0.2, 0) is 20.8 Å². The van der Waals surface area contributed by atoms with Gasteiger partial charge in [0.25, 0.3) is 0 Å². The maximum Gasteiger partial charge on any atom is 0.187 e. The van der Waals surface area contributed by atoms with Gasteiger partial charge in [-0.2, -0.15) is 0 Å². The Morgan fingerprint density at radius 1 is 0.839 bits per heavy atom. The molecule has 11 atom stereocenters. The fourth-order valence-electron chi connectivity index (χ4n) is 3.68. The zero-order chi connectivity index (χ0) is 22.9. The molecule has 3 rings (SSSR count). The van der Waals surface area contributed by atoms with Gasteiger partial charge in [-0.1, -0.05) is 34.1 Å². The van der Waals surface area contributed by atoms with E-state index in [9.17, 15) is 40.9 Å². The van der Waals surface area contributed by atoms with Gasteiger partial charge < -0.3 is 55.1 Å². The van der Waals surface area contributed by atoms with Crippen LogP contribution in [0, 0.1) is 0 Å². The third-order valence-corrected chi connectivity index (χ3v) is 6.34. The molecule has 11 nitrogen and oxygen atoms in total. The van der Waals surface area contributed by atoms with Crippen molar-refractivity contribution in [3.8, 4) is 0 Å². The summed E-state index contributed by atoms with van der Waals surface area (Å²) in [6.07, 6.45) is -18.1. The van der Waals surface area contributed by atoms with E-state index in [-0.39, 0.29) is 6.61 Å². The Labute approximate surface area is 186 Å². The molecule has 31 heavy (non-hydrogen) atoms. The highest BCUT2D eigenvalue weighted by Gasteiger charge is 2.53. The molecule has 2 aliphatic heterocycles. The molecule has 0 saturated carbocycles. The van der Waals surface area contributed by atoms with Crippen molar-refractivity contribution in [2.45, 2.75) is 73.9 Å². The second-order valence-electron chi connectivity index (χ2n) is 7.63. The van der Waals surface area contributed by atoms with Crippen LogP contribution in [0.1, 0.15) is 5.56 Å². The second-order valence-corrected chi connectivity index (χ2v) is 8.48. The van der Waals surface area contributed by atoms with E-state index in [4.69, 9.17) is 14.2 Å². The third-order valence-electron chi connectivity index (χ3n) is 5.57. The van der Waals surface area contributed by atoms with Crippen LogP contribution in [0.4, 0.5) is 0 Å². The minimum absolute atomic E-state index is 0.0329. The van der Waals surface area contributed by atoms with Crippen LogP contribution in [0.3, 0.4) is 0 Å². The van der Waals surface area contributed by atoms with E-state index in [0.717, 1.165) is 4.47 Å². The fourth-order valence-corrected chi connectivity index (χ4v) is 4.08. The molecule has 1 aromatic rings. The van der Waals surface area contributed by atoms with Crippen molar-refractivity contribution < 1.29 is 55.1 Å². The van der Waals surface area contributed by atoms with Crippen LogP contribution >= 0.6 is 15.9 Å². The summed E-state index contributed by atoms with van der Waals surface area (Å²) < 4.78 is 17.1. The summed E-state index contributed by atoms with van der Waals surface area (Å²) in [6, 6.07) is 7.10. The van der Waals surface area contributed by atoms with Crippen molar-refractivity contribution >= 4 is 15.9 Å². The standard InChI is InChI=1S/C19H27BrO11/c20-8-4-2-1-3-7(8)6-29-19-15(27)12(24)14(26)18(31-19)16(28)17-13(25)11(23)10(22)9(5-21)30-17/h1-4,9-19,21-28H,5-6H2/t9-,10-,11+,12+,13-,14+,15-,16?,17-,18+,19+/m1/s1. The highest BCUT2D eigenvalue weighted by Crippen LogP contribution is 2.31. The number of halogens is 1. The van der Waals surface area contributed by atoms with Crippen LogP contribution in [-0.4, -0.2) is 115 Å². The minimum atomic E-state index is -1.82. The van der Waals surface area contributed by atoms with Gasteiger partial charge in [-0.25, -0.2) is 0 Å². The molecule has 1 unspecified atom stereocenters. The number of hydrogen-bond donors (Lipinski definition) is 8. The van der Waals surface area contributed by atoms with E-state index < -0.39 is 73.9 Å². The van der Waals surface area contributed by atoms with Gasteiger partial charge in [0.1, 0.15) is 61.0 Å². The molecule has 1 aromatic carbocycles. The minimum Gasteiger partial charge on any atom is -0.394 e. The third kappa shape index (κ3) is 5.11. The predicted molar refractivity (Wildman–Crippen MR) is 105 cm³/mol.